The third kappa shape index (κ3) is 5.61. The second-order valence-electron chi connectivity index (χ2n) is 6.53. The Labute approximate surface area is 168 Å². The Kier molecular flexibility index (Phi) is 6.91. The van der Waals surface area contributed by atoms with Gasteiger partial charge in [0.2, 0.25) is 0 Å². The minimum atomic E-state index is -0.418. The lowest BCUT2D eigenvalue weighted by Gasteiger charge is -2.11. The number of nitrogens with zero attached hydrogens (tertiary/aromatic N) is 1. The Morgan fingerprint density at radius 3 is 2.62 bits per heavy atom. The summed E-state index contributed by atoms with van der Waals surface area (Å²) in [6, 6.07) is 9.34. The number of nitrogens with one attached hydrogen (secondary N) is 2. The van der Waals surface area contributed by atoms with Gasteiger partial charge in [0.05, 0.1) is 18.3 Å². The predicted molar refractivity (Wildman–Crippen MR) is 106 cm³/mol. The van der Waals surface area contributed by atoms with Crippen LogP contribution in [-0.2, 0) is 9.47 Å². The average molecular weight is 397 g/mol. The van der Waals surface area contributed by atoms with Gasteiger partial charge in [-0.2, -0.15) is 0 Å². The number of aromatic nitrogens is 1. The van der Waals surface area contributed by atoms with Gasteiger partial charge >= 0.3 is 5.97 Å². The normalized spacial score (nSPS) is 15.6. The van der Waals surface area contributed by atoms with E-state index in [9.17, 15) is 14.4 Å². The number of rotatable bonds is 7. The summed E-state index contributed by atoms with van der Waals surface area (Å²) in [7, 11) is 0. The van der Waals surface area contributed by atoms with Crippen LogP contribution in [0.1, 0.15) is 51.0 Å². The van der Waals surface area contributed by atoms with Crippen molar-refractivity contribution in [2.75, 3.05) is 25.1 Å². The fraction of sp³-hybridized carbons (Fsp3) is 0.333. The zero-order valence-corrected chi connectivity index (χ0v) is 16.1. The van der Waals surface area contributed by atoms with E-state index in [1.54, 1.807) is 31.2 Å². The van der Waals surface area contributed by atoms with Crippen molar-refractivity contribution in [2.24, 2.45) is 0 Å². The molecule has 3 rings (SSSR count). The molecule has 29 heavy (non-hydrogen) atoms. The number of amides is 2. The highest BCUT2D eigenvalue weighted by atomic mass is 16.5. The maximum Gasteiger partial charge on any atom is 0.338 e. The molecule has 0 aliphatic carbocycles. The van der Waals surface area contributed by atoms with Gasteiger partial charge < -0.3 is 20.1 Å². The molecule has 1 aromatic heterocycles. The topological polar surface area (TPSA) is 107 Å². The molecule has 0 spiro atoms. The lowest BCUT2D eigenvalue weighted by molar-refractivity contribution is 0.0526. The number of benzene rings is 1. The first-order chi connectivity index (χ1) is 14.1. The lowest BCUT2D eigenvalue weighted by atomic mass is 10.1. The van der Waals surface area contributed by atoms with Crippen LogP contribution in [0.25, 0.3) is 0 Å². The van der Waals surface area contributed by atoms with Crippen molar-refractivity contribution in [2.45, 2.75) is 25.9 Å². The minimum absolute atomic E-state index is 0.0306. The summed E-state index contributed by atoms with van der Waals surface area (Å²) in [6.07, 6.45) is 3.36. The van der Waals surface area contributed by atoms with E-state index in [0.29, 0.717) is 30.0 Å². The zero-order chi connectivity index (χ0) is 20.6. The second kappa shape index (κ2) is 9.79. The molecule has 0 saturated carbocycles. The van der Waals surface area contributed by atoms with E-state index in [0.717, 1.165) is 19.4 Å². The Morgan fingerprint density at radius 1 is 1.14 bits per heavy atom. The first kappa shape index (κ1) is 20.5. The number of hydrogen-bond donors (Lipinski definition) is 2. The summed E-state index contributed by atoms with van der Waals surface area (Å²) < 4.78 is 10.4. The van der Waals surface area contributed by atoms with Crippen LogP contribution in [0.15, 0.2) is 42.6 Å². The highest BCUT2D eigenvalue weighted by Gasteiger charge is 2.18. The van der Waals surface area contributed by atoms with Crippen LogP contribution >= 0.6 is 0 Å². The summed E-state index contributed by atoms with van der Waals surface area (Å²) in [5.41, 5.74) is 1.38. The van der Waals surface area contributed by atoms with Crippen molar-refractivity contribution in [3.05, 3.63) is 59.4 Å². The van der Waals surface area contributed by atoms with Gasteiger partial charge in [-0.3, -0.25) is 14.6 Å². The van der Waals surface area contributed by atoms with Crippen molar-refractivity contribution in [3.8, 4) is 0 Å². The van der Waals surface area contributed by atoms with E-state index in [-0.39, 0.29) is 23.6 Å². The Morgan fingerprint density at radius 2 is 1.93 bits per heavy atom. The molecule has 1 atom stereocenters. The van der Waals surface area contributed by atoms with Crippen molar-refractivity contribution in [1.29, 1.82) is 0 Å². The summed E-state index contributed by atoms with van der Waals surface area (Å²) in [4.78, 5) is 40.5. The Balaban J connectivity index is 1.60. The summed E-state index contributed by atoms with van der Waals surface area (Å²) in [5, 5.41) is 5.51. The fourth-order valence-electron chi connectivity index (χ4n) is 2.91. The summed E-state index contributed by atoms with van der Waals surface area (Å²) in [6.45, 7) is 3.17. The number of anilines is 1. The third-order valence-electron chi connectivity index (χ3n) is 4.42. The van der Waals surface area contributed by atoms with Gasteiger partial charge in [-0.1, -0.05) is 0 Å². The monoisotopic (exact) mass is 397 g/mol. The molecule has 8 nitrogen and oxygen atoms in total. The van der Waals surface area contributed by atoms with E-state index in [1.165, 1.54) is 18.3 Å². The molecule has 1 aromatic carbocycles. The molecule has 0 radical (unpaired) electrons. The predicted octanol–water partition coefficient (Wildman–Crippen LogP) is 2.42. The van der Waals surface area contributed by atoms with Crippen molar-refractivity contribution >= 4 is 23.5 Å². The summed E-state index contributed by atoms with van der Waals surface area (Å²) >= 11 is 0. The highest BCUT2D eigenvalue weighted by Crippen LogP contribution is 2.13. The molecular weight excluding hydrogens is 374 g/mol. The molecule has 1 saturated heterocycles. The van der Waals surface area contributed by atoms with Crippen LogP contribution < -0.4 is 10.6 Å². The van der Waals surface area contributed by atoms with Gasteiger partial charge in [-0.25, -0.2) is 4.79 Å². The Bertz CT molecular complexity index is 876. The standard InChI is InChI=1S/C21H23N3O5/c1-2-28-21(27)14-5-7-16(8-6-14)24-19(25)15-9-10-22-18(12-15)20(26)23-13-17-4-3-11-29-17/h5-10,12,17H,2-4,11,13H2,1H3,(H,23,26)(H,24,25). The van der Waals surface area contributed by atoms with Crippen molar-refractivity contribution < 1.29 is 23.9 Å². The third-order valence-corrected chi connectivity index (χ3v) is 4.42. The summed E-state index contributed by atoms with van der Waals surface area (Å²) in [5.74, 6) is -1.16. The van der Waals surface area contributed by atoms with E-state index in [4.69, 9.17) is 9.47 Å². The molecule has 152 valence electrons. The Hall–Kier alpha value is -3.26. The first-order valence-corrected chi connectivity index (χ1v) is 9.51. The van der Waals surface area contributed by atoms with Gasteiger partial charge in [0.1, 0.15) is 5.69 Å². The van der Waals surface area contributed by atoms with Crippen LogP contribution in [-0.4, -0.2) is 48.6 Å². The van der Waals surface area contributed by atoms with Crippen molar-refractivity contribution in [3.63, 3.8) is 0 Å². The average Bonchev–Trinajstić information content (AvgIpc) is 3.26. The van der Waals surface area contributed by atoms with Gasteiger partial charge in [-0.05, 0) is 56.2 Å². The maximum atomic E-state index is 12.5. The number of carbonyl (C=O) groups excluding carboxylic acids is 3. The molecule has 8 heteroatoms. The van der Waals surface area contributed by atoms with Crippen LogP contribution in [0, 0.1) is 0 Å². The van der Waals surface area contributed by atoms with E-state index < -0.39 is 5.97 Å². The lowest BCUT2D eigenvalue weighted by Crippen LogP contribution is -2.32. The molecule has 1 aliphatic rings. The number of hydrogen-bond acceptors (Lipinski definition) is 6. The molecule has 2 amide bonds. The first-order valence-electron chi connectivity index (χ1n) is 9.51. The molecule has 2 aromatic rings. The van der Waals surface area contributed by atoms with E-state index >= 15 is 0 Å². The molecular formula is C21H23N3O5. The minimum Gasteiger partial charge on any atom is -0.462 e. The van der Waals surface area contributed by atoms with Crippen LogP contribution in [0.4, 0.5) is 5.69 Å². The SMILES string of the molecule is CCOC(=O)c1ccc(NC(=O)c2ccnc(C(=O)NCC3CCCO3)c2)cc1. The largest absolute Gasteiger partial charge is 0.462 e. The van der Waals surface area contributed by atoms with Gasteiger partial charge in [-0.15, -0.1) is 0 Å². The number of pyridine rings is 1. The molecule has 1 aliphatic heterocycles. The number of carbonyl (C=O) groups is 3. The number of ether oxygens (including phenoxy) is 2. The van der Waals surface area contributed by atoms with Crippen LogP contribution in [0.2, 0.25) is 0 Å². The van der Waals surface area contributed by atoms with E-state index in [1.807, 2.05) is 0 Å². The quantitative estimate of drug-likeness (QED) is 0.695. The van der Waals surface area contributed by atoms with Gasteiger partial charge in [0, 0.05) is 30.6 Å². The molecule has 1 fully saturated rings. The van der Waals surface area contributed by atoms with Crippen molar-refractivity contribution in [1.82, 2.24) is 10.3 Å². The fourth-order valence-corrected chi connectivity index (χ4v) is 2.91. The smallest absolute Gasteiger partial charge is 0.338 e. The highest BCUT2D eigenvalue weighted by molar-refractivity contribution is 6.05. The van der Waals surface area contributed by atoms with Crippen LogP contribution in [0.5, 0.6) is 0 Å². The van der Waals surface area contributed by atoms with Crippen LogP contribution in [0.3, 0.4) is 0 Å². The zero-order valence-electron chi connectivity index (χ0n) is 16.1. The van der Waals surface area contributed by atoms with Gasteiger partial charge in [0.15, 0.2) is 0 Å². The maximum absolute atomic E-state index is 12.5. The second-order valence-corrected chi connectivity index (χ2v) is 6.53. The molecule has 2 N–H and O–H groups in total. The number of esters is 1. The molecule has 1 unspecified atom stereocenters. The van der Waals surface area contributed by atoms with Gasteiger partial charge in [0.25, 0.3) is 11.8 Å². The molecule has 2 heterocycles. The molecule has 0 bridgehead atoms. The van der Waals surface area contributed by atoms with E-state index in [2.05, 4.69) is 15.6 Å².